The molecule has 1 aromatic carbocycles. The Kier molecular flexibility index (Phi) is 11.1. The molecule has 8 nitrogen and oxygen atoms in total. The largest absolute Gasteiger partial charge is 0.497 e. The van der Waals surface area contributed by atoms with E-state index in [9.17, 15) is 14.7 Å². The molecule has 30 heavy (non-hydrogen) atoms. The number of carboxylic acid groups (broad SMARTS) is 1. The van der Waals surface area contributed by atoms with Crippen molar-refractivity contribution in [2.24, 2.45) is 5.73 Å². The van der Waals surface area contributed by atoms with Crippen molar-refractivity contribution in [3.8, 4) is 5.75 Å². The Labute approximate surface area is 187 Å². The average Bonchev–Trinajstić information content (AvgIpc) is 2.72. The third-order valence-corrected chi connectivity index (χ3v) is 7.02. The monoisotopic (exact) mass is 475 g/mol. The van der Waals surface area contributed by atoms with Gasteiger partial charge in [0.15, 0.2) is 19.5 Å². The highest BCUT2D eigenvalue weighted by atomic mass is 32.2. The summed E-state index contributed by atoms with van der Waals surface area (Å²) in [5.41, 5.74) is 6.80. The SMILES string of the molecule is COC(=O)C(N)CSCc1c(C(=O)O)cc(OC)cc1C(C)(C)C(O[SiH2]C)O[SiH2]C. The van der Waals surface area contributed by atoms with Gasteiger partial charge in [-0.3, -0.25) is 4.79 Å². The Balaban J connectivity index is 3.42. The standard InChI is InChI=1S/C19H33NO7SSi2/c1-19(2,18(26-29-5)27-30-6)14-8-11(24-3)7-12(16(21)22)13(14)9-28-10-15(20)17(23)25-4/h7-8,15,18H,9-10,20,29-30H2,1-6H3,(H,21,22). The van der Waals surface area contributed by atoms with E-state index in [2.05, 4.69) is 4.74 Å². The zero-order valence-corrected chi connectivity index (χ0v) is 22.2. The Morgan fingerprint density at radius 3 is 2.27 bits per heavy atom. The third kappa shape index (κ3) is 6.82. The Morgan fingerprint density at radius 1 is 1.20 bits per heavy atom. The first-order valence-corrected chi connectivity index (χ1v) is 14.9. The van der Waals surface area contributed by atoms with Gasteiger partial charge in [0.25, 0.3) is 0 Å². The van der Waals surface area contributed by atoms with Crippen molar-refractivity contribution in [3.05, 3.63) is 28.8 Å². The van der Waals surface area contributed by atoms with E-state index in [1.807, 2.05) is 33.0 Å². The van der Waals surface area contributed by atoms with Gasteiger partial charge in [-0.15, -0.1) is 0 Å². The Bertz CT molecular complexity index is 727. The first-order valence-electron chi connectivity index (χ1n) is 9.72. The third-order valence-electron chi connectivity index (χ3n) is 4.66. The summed E-state index contributed by atoms with van der Waals surface area (Å²) < 4.78 is 22.0. The number of hydrogen-bond donors (Lipinski definition) is 2. The quantitative estimate of drug-likeness (QED) is 0.245. The molecular weight excluding hydrogens is 442 g/mol. The molecule has 3 N–H and O–H groups in total. The lowest BCUT2D eigenvalue weighted by molar-refractivity contribution is -0.141. The molecular formula is C19H33NO7SSi2. The van der Waals surface area contributed by atoms with Crippen LogP contribution in [-0.2, 0) is 29.6 Å². The van der Waals surface area contributed by atoms with E-state index in [-0.39, 0.29) is 5.56 Å². The number of aromatic carboxylic acids is 1. The number of benzene rings is 1. The molecule has 0 aliphatic carbocycles. The predicted octanol–water partition coefficient (Wildman–Crippen LogP) is 1.03. The van der Waals surface area contributed by atoms with Crippen molar-refractivity contribution in [2.45, 2.75) is 50.4 Å². The molecule has 0 bridgehead atoms. The van der Waals surface area contributed by atoms with Gasteiger partial charge in [-0.2, -0.15) is 11.8 Å². The lowest BCUT2D eigenvalue weighted by Gasteiger charge is -2.37. The second-order valence-corrected chi connectivity index (χ2v) is 9.97. The maximum atomic E-state index is 12.0. The van der Waals surface area contributed by atoms with Crippen LogP contribution in [-0.4, -0.2) is 68.9 Å². The predicted molar refractivity (Wildman–Crippen MR) is 124 cm³/mol. The van der Waals surface area contributed by atoms with Crippen molar-refractivity contribution in [1.29, 1.82) is 0 Å². The molecule has 170 valence electrons. The van der Waals surface area contributed by atoms with Crippen molar-refractivity contribution < 1.29 is 33.0 Å². The summed E-state index contributed by atoms with van der Waals surface area (Å²) >= 11 is 1.38. The highest BCUT2D eigenvalue weighted by molar-refractivity contribution is 7.98. The number of hydrogen-bond acceptors (Lipinski definition) is 8. The molecule has 0 saturated heterocycles. The van der Waals surface area contributed by atoms with Crippen LogP contribution in [0.1, 0.15) is 35.3 Å². The fraction of sp³-hybridized carbons (Fsp3) is 0.579. The number of esters is 1. The van der Waals surface area contributed by atoms with Crippen LogP contribution in [0.5, 0.6) is 5.75 Å². The zero-order valence-electron chi connectivity index (χ0n) is 18.5. The van der Waals surface area contributed by atoms with Crippen molar-refractivity contribution >= 4 is 43.2 Å². The highest BCUT2D eigenvalue weighted by Gasteiger charge is 2.36. The van der Waals surface area contributed by atoms with Gasteiger partial charge in [0.1, 0.15) is 18.1 Å². The van der Waals surface area contributed by atoms with E-state index in [0.29, 0.717) is 22.8 Å². The molecule has 1 rings (SSSR count). The fourth-order valence-electron chi connectivity index (χ4n) is 3.09. The number of carboxylic acids is 1. The second kappa shape index (κ2) is 12.5. The number of ether oxygens (including phenoxy) is 2. The van der Waals surface area contributed by atoms with Crippen molar-refractivity contribution in [1.82, 2.24) is 0 Å². The molecule has 0 saturated carbocycles. The number of carbonyl (C=O) groups is 2. The minimum absolute atomic E-state index is 0.151. The van der Waals surface area contributed by atoms with Gasteiger partial charge >= 0.3 is 11.9 Å². The van der Waals surface area contributed by atoms with Crippen molar-refractivity contribution in [3.63, 3.8) is 0 Å². The molecule has 0 heterocycles. The van der Waals surface area contributed by atoms with Gasteiger partial charge in [-0.25, -0.2) is 4.79 Å². The van der Waals surface area contributed by atoms with Gasteiger partial charge in [-0.05, 0) is 23.3 Å². The molecule has 1 unspecified atom stereocenters. The van der Waals surface area contributed by atoms with Gasteiger partial charge in [0.05, 0.1) is 19.8 Å². The summed E-state index contributed by atoms with van der Waals surface area (Å²) in [4.78, 5) is 23.6. The summed E-state index contributed by atoms with van der Waals surface area (Å²) in [6.45, 7) is 8.03. The first kappa shape index (κ1) is 26.7. The van der Waals surface area contributed by atoms with Gasteiger partial charge < -0.3 is 29.2 Å². The molecule has 0 spiro atoms. The Hall–Kier alpha value is -1.38. The minimum atomic E-state index is -1.05. The summed E-state index contributed by atoms with van der Waals surface area (Å²) in [6.07, 6.45) is -0.458. The van der Waals surface area contributed by atoms with Gasteiger partial charge in [0.2, 0.25) is 0 Å². The lowest BCUT2D eigenvalue weighted by atomic mass is 9.80. The van der Waals surface area contributed by atoms with E-state index < -0.39 is 49.2 Å². The van der Waals surface area contributed by atoms with E-state index >= 15 is 0 Å². The van der Waals surface area contributed by atoms with E-state index in [0.717, 1.165) is 5.56 Å². The summed E-state index contributed by atoms with van der Waals surface area (Å²) in [5, 5.41) is 9.84. The number of methoxy groups -OCH3 is 2. The number of nitrogens with two attached hydrogens (primary N) is 1. The van der Waals surface area contributed by atoms with Gasteiger partial charge in [0, 0.05) is 16.9 Å². The van der Waals surface area contributed by atoms with Crippen LogP contribution in [0.15, 0.2) is 12.1 Å². The van der Waals surface area contributed by atoms with Crippen LogP contribution in [0.3, 0.4) is 0 Å². The zero-order chi connectivity index (χ0) is 22.9. The molecule has 0 aliphatic heterocycles. The van der Waals surface area contributed by atoms with E-state index in [1.54, 1.807) is 0 Å². The summed E-state index contributed by atoms with van der Waals surface area (Å²) in [7, 11) is 1.28. The van der Waals surface area contributed by atoms with Crippen LogP contribution < -0.4 is 10.5 Å². The topological polar surface area (TPSA) is 117 Å². The maximum Gasteiger partial charge on any atom is 0.336 e. The molecule has 0 aliphatic rings. The normalized spacial score (nSPS) is 14.4. The minimum Gasteiger partial charge on any atom is -0.497 e. The molecule has 0 aromatic heterocycles. The number of thioether (sulfide) groups is 1. The van der Waals surface area contributed by atoms with E-state index in [1.165, 1.54) is 32.0 Å². The van der Waals surface area contributed by atoms with Crippen LogP contribution >= 0.6 is 11.8 Å². The smallest absolute Gasteiger partial charge is 0.336 e. The summed E-state index contributed by atoms with van der Waals surface area (Å²) in [5.74, 6) is -0.435. The average molecular weight is 476 g/mol. The molecule has 0 amide bonds. The highest BCUT2D eigenvalue weighted by Crippen LogP contribution is 2.38. The number of rotatable bonds is 13. The second-order valence-electron chi connectivity index (χ2n) is 7.12. The molecule has 0 fully saturated rings. The van der Waals surface area contributed by atoms with Crippen LogP contribution in [0, 0.1) is 0 Å². The lowest BCUT2D eigenvalue weighted by Crippen LogP contribution is -2.40. The van der Waals surface area contributed by atoms with E-state index in [4.69, 9.17) is 19.3 Å². The molecule has 1 aromatic rings. The number of carbonyl (C=O) groups excluding carboxylic acids is 1. The molecule has 0 radical (unpaired) electrons. The van der Waals surface area contributed by atoms with Gasteiger partial charge in [-0.1, -0.05) is 26.9 Å². The molecule has 1 atom stereocenters. The maximum absolute atomic E-state index is 12.0. The fourth-order valence-corrected chi connectivity index (χ4v) is 5.93. The van der Waals surface area contributed by atoms with Crippen molar-refractivity contribution in [2.75, 3.05) is 20.0 Å². The van der Waals surface area contributed by atoms with Crippen LogP contribution in [0.4, 0.5) is 0 Å². The van der Waals surface area contributed by atoms with Crippen LogP contribution in [0.25, 0.3) is 0 Å². The first-order chi connectivity index (χ1) is 14.1. The van der Waals surface area contributed by atoms with Crippen LogP contribution in [0.2, 0.25) is 13.1 Å². The molecule has 11 heteroatoms. The summed E-state index contributed by atoms with van der Waals surface area (Å²) in [6, 6.07) is 2.58. The Morgan fingerprint density at radius 2 is 1.80 bits per heavy atom.